The molecule has 3 atom stereocenters. The van der Waals surface area contributed by atoms with Crippen molar-refractivity contribution in [3.63, 3.8) is 0 Å². The minimum atomic E-state index is -0.306. The van der Waals surface area contributed by atoms with E-state index in [-0.39, 0.29) is 5.60 Å². The highest BCUT2D eigenvalue weighted by Crippen LogP contribution is 2.69. The monoisotopic (exact) mass is 168 g/mol. The molecule has 2 aliphatic carbocycles. The van der Waals surface area contributed by atoms with Crippen molar-refractivity contribution in [2.45, 2.75) is 52.1 Å². The van der Waals surface area contributed by atoms with Crippen LogP contribution >= 0.6 is 0 Å². The first-order valence-corrected chi connectivity index (χ1v) is 5.25. The second-order valence-electron chi connectivity index (χ2n) is 5.16. The van der Waals surface area contributed by atoms with E-state index in [4.69, 9.17) is 0 Å². The highest BCUT2D eigenvalue weighted by molar-refractivity contribution is 5.16. The first kappa shape index (κ1) is 8.55. The van der Waals surface area contributed by atoms with Gasteiger partial charge in [0.05, 0.1) is 5.60 Å². The lowest BCUT2D eigenvalue weighted by Crippen LogP contribution is -2.20. The van der Waals surface area contributed by atoms with Gasteiger partial charge in [0.2, 0.25) is 0 Å². The average Bonchev–Trinajstić information content (AvgIpc) is 2.85. The van der Waals surface area contributed by atoms with Gasteiger partial charge in [-0.3, -0.25) is 0 Å². The second kappa shape index (κ2) is 2.25. The van der Waals surface area contributed by atoms with Gasteiger partial charge in [-0.2, -0.15) is 0 Å². The van der Waals surface area contributed by atoms with Crippen LogP contribution in [0, 0.1) is 17.3 Å². The van der Waals surface area contributed by atoms with Crippen molar-refractivity contribution in [2.75, 3.05) is 0 Å². The van der Waals surface area contributed by atoms with Crippen LogP contribution in [0.2, 0.25) is 0 Å². The fraction of sp³-hybridized carbons (Fsp3) is 1.00. The van der Waals surface area contributed by atoms with Crippen LogP contribution in [0.25, 0.3) is 0 Å². The van der Waals surface area contributed by atoms with Crippen molar-refractivity contribution in [1.82, 2.24) is 0 Å². The molecule has 0 heterocycles. The predicted molar refractivity (Wildman–Crippen MR) is 49.9 cm³/mol. The molecule has 0 radical (unpaired) electrons. The van der Waals surface area contributed by atoms with Gasteiger partial charge in [0.1, 0.15) is 0 Å². The largest absolute Gasteiger partial charge is 0.390 e. The quantitative estimate of drug-likeness (QED) is 0.686. The smallest absolute Gasteiger partial charge is 0.0658 e. The highest BCUT2D eigenvalue weighted by atomic mass is 16.3. The predicted octanol–water partition coefficient (Wildman–Crippen LogP) is 2.58. The van der Waals surface area contributed by atoms with E-state index in [2.05, 4.69) is 13.8 Å². The molecule has 0 aromatic carbocycles. The Kier molecular flexibility index (Phi) is 1.61. The van der Waals surface area contributed by atoms with Crippen LogP contribution in [0.1, 0.15) is 46.5 Å². The van der Waals surface area contributed by atoms with Gasteiger partial charge in [-0.25, -0.2) is 0 Å². The zero-order valence-corrected chi connectivity index (χ0v) is 8.43. The second-order valence-corrected chi connectivity index (χ2v) is 5.16. The summed E-state index contributed by atoms with van der Waals surface area (Å²) in [5.74, 6) is 1.44. The molecule has 0 aromatic rings. The van der Waals surface area contributed by atoms with Crippen molar-refractivity contribution < 1.29 is 5.11 Å². The molecule has 2 aliphatic rings. The van der Waals surface area contributed by atoms with Crippen LogP contribution in [-0.4, -0.2) is 10.7 Å². The first-order valence-electron chi connectivity index (χ1n) is 5.25. The van der Waals surface area contributed by atoms with Gasteiger partial charge in [-0.05, 0) is 43.4 Å². The molecule has 2 rings (SSSR count). The van der Waals surface area contributed by atoms with E-state index in [0.717, 1.165) is 12.3 Å². The topological polar surface area (TPSA) is 20.2 Å². The summed E-state index contributed by atoms with van der Waals surface area (Å²) in [6.45, 7) is 6.61. The van der Waals surface area contributed by atoms with E-state index < -0.39 is 0 Å². The summed E-state index contributed by atoms with van der Waals surface area (Å²) in [5, 5.41) is 9.81. The van der Waals surface area contributed by atoms with E-state index in [1.165, 1.54) is 19.3 Å². The van der Waals surface area contributed by atoms with Gasteiger partial charge in [-0.1, -0.05) is 20.3 Å². The third-order valence-electron chi connectivity index (χ3n) is 4.32. The molecule has 0 bridgehead atoms. The molecule has 1 nitrogen and oxygen atoms in total. The fourth-order valence-corrected chi connectivity index (χ4v) is 2.91. The maximum Gasteiger partial charge on any atom is 0.0658 e. The summed E-state index contributed by atoms with van der Waals surface area (Å²) >= 11 is 0. The Bertz CT molecular complexity index is 191. The Morgan fingerprint density at radius 3 is 2.25 bits per heavy atom. The molecule has 1 heteroatoms. The lowest BCUT2D eigenvalue weighted by atomic mass is 9.83. The van der Waals surface area contributed by atoms with Gasteiger partial charge in [0.25, 0.3) is 0 Å². The van der Waals surface area contributed by atoms with Gasteiger partial charge >= 0.3 is 0 Å². The van der Waals surface area contributed by atoms with Crippen LogP contribution < -0.4 is 0 Å². The number of rotatable bonds is 3. The van der Waals surface area contributed by atoms with Crippen LogP contribution in [0.4, 0.5) is 0 Å². The minimum absolute atomic E-state index is 0.306. The maximum atomic E-state index is 9.81. The van der Waals surface area contributed by atoms with E-state index in [1.807, 2.05) is 6.92 Å². The zero-order chi connectivity index (χ0) is 8.98. The summed E-state index contributed by atoms with van der Waals surface area (Å²) in [4.78, 5) is 0. The molecule has 0 saturated heterocycles. The molecule has 70 valence electrons. The van der Waals surface area contributed by atoms with Gasteiger partial charge < -0.3 is 5.11 Å². The summed E-state index contributed by atoms with van der Waals surface area (Å²) in [5.41, 5.74) is 0.248. The van der Waals surface area contributed by atoms with Crippen molar-refractivity contribution in [3.05, 3.63) is 0 Å². The third kappa shape index (κ3) is 1.02. The van der Waals surface area contributed by atoms with Crippen molar-refractivity contribution >= 4 is 0 Å². The van der Waals surface area contributed by atoms with Crippen LogP contribution in [0.5, 0.6) is 0 Å². The minimum Gasteiger partial charge on any atom is -0.390 e. The molecule has 0 amide bonds. The molecule has 0 aliphatic heterocycles. The summed E-state index contributed by atoms with van der Waals surface area (Å²) in [6.07, 6.45) is 5.05. The standard InChI is InChI=1S/C11H20O/c1-4-8(2)11(5-6-11)9-7-10(9,3)12/h8-9,12H,4-7H2,1-3H3/t8-,9?,10?/m0/s1. The third-order valence-corrected chi connectivity index (χ3v) is 4.32. The molecule has 0 aromatic heterocycles. The van der Waals surface area contributed by atoms with E-state index >= 15 is 0 Å². The zero-order valence-electron chi connectivity index (χ0n) is 8.43. The Hall–Kier alpha value is -0.0400. The molecule has 2 saturated carbocycles. The lowest BCUT2D eigenvalue weighted by molar-refractivity contribution is 0.115. The van der Waals surface area contributed by atoms with Crippen molar-refractivity contribution in [2.24, 2.45) is 17.3 Å². The van der Waals surface area contributed by atoms with E-state index in [0.29, 0.717) is 11.3 Å². The number of aliphatic hydroxyl groups is 1. The molecule has 0 spiro atoms. The summed E-state index contributed by atoms with van der Waals surface area (Å²) in [7, 11) is 0. The van der Waals surface area contributed by atoms with Crippen molar-refractivity contribution in [3.8, 4) is 0 Å². The van der Waals surface area contributed by atoms with E-state index in [9.17, 15) is 5.11 Å². The molecule has 1 N–H and O–H groups in total. The molecule has 2 unspecified atom stereocenters. The number of hydrogen-bond donors (Lipinski definition) is 1. The van der Waals surface area contributed by atoms with Crippen LogP contribution in [0.15, 0.2) is 0 Å². The van der Waals surface area contributed by atoms with E-state index in [1.54, 1.807) is 0 Å². The van der Waals surface area contributed by atoms with Crippen LogP contribution in [-0.2, 0) is 0 Å². The Morgan fingerprint density at radius 2 is 2.00 bits per heavy atom. The molecular weight excluding hydrogens is 148 g/mol. The van der Waals surface area contributed by atoms with Crippen molar-refractivity contribution in [1.29, 1.82) is 0 Å². The molecule has 2 fully saturated rings. The van der Waals surface area contributed by atoms with Gasteiger partial charge in [0.15, 0.2) is 0 Å². The van der Waals surface area contributed by atoms with Gasteiger partial charge in [-0.15, -0.1) is 0 Å². The fourth-order valence-electron chi connectivity index (χ4n) is 2.91. The maximum absolute atomic E-state index is 9.81. The first-order chi connectivity index (χ1) is 5.53. The Balaban J connectivity index is 2.04. The summed E-state index contributed by atoms with van der Waals surface area (Å²) in [6, 6.07) is 0. The molecule has 12 heavy (non-hydrogen) atoms. The van der Waals surface area contributed by atoms with Crippen LogP contribution in [0.3, 0.4) is 0 Å². The normalized spacial score (nSPS) is 45.5. The summed E-state index contributed by atoms with van der Waals surface area (Å²) < 4.78 is 0. The Labute approximate surface area is 75.2 Å². The highest BCUT2D eigenvalue weighted by Gasteiger charge is 2.66. The molecular formula is C11H20O. The Morgan fingerprint density at radius 1 is 1.50 bits per heavy atom. The SMILES string of the molecule is CC[C@H](C)C1(C2CC2(C)O)CC1. The average molecular weight is 168 g/mol. The van der Waals surface area contributed by atoms with Gasteiger partial charge in [0, 0.05) is 0 Å². The number of hydrogen-bond acceptors (Lipinski definition) is 1. The lowest BCUT2D eigenvalue weighted by Gasteiger charge is -2.23.